The molecule has 7 heteroatoms. The van der Waals surface area contributed by atoms with E-state index >= 15 is 0 Å². The predicted molar refractivity (Wildman–Crippen MR) is 69.9 cm³/mol. The van der Waals surface area contributed by atoms with Gasteiger partial charge in [0, 0.05) is 31.6 Å². The molecule has 0 radical (unpaired) electrons. The number of aromatic nitrogens is 1. The molecule has 0 saturated carbocycles. The number of amides is 1. The van der Waals surface area contributed by atoms with Crippen LogP contribution in [0.4, 0.5) is 5.69 Å². The highest BCUT2D eigenvalue weighted by Gasteiger charge is 2.07. The topological polar surface area (TPSA) is 94.2 Å². The molecule has 0 unspecified atom stereocenters. The predicted octanol–water partition coefficient (Wildman–Crippen LogP) is 1.06. The molecule has 1 rings (SSSR count). The molecule has 1 N–H and O–H groups in total. The lowest BCUT2D eigenvalue weighted by Crippen LogP contribution is -2.24. The van der Waals surface area contributed by atoms with Gasteiger partial charge in [-0.1, -0.05) is 6.92 Å². The van der Waals surface area contributed by atoms with Crippen molar-refractivity contribution in [3.8, 4) is 0 Å². The summed E-state index contributed by atoms with van der Waals surface area (Å²) in [6, 6.07) is 2.39. The van der Waals surface area contributed by atoms with E-state index in [2.05, 4.69) is 5.32 Å². The standard InChI is InChI=1S/C12H17N3O4/c1-2-11(16)13-7-3-4-8-14-9-10(15(18)19)5-6-12(14)17/h5-6,9H,2-4,7-8H2,1H3,(H,13,16). The van der Waals surface area contributed by atoms with Crippen LogP contribution in [0.25, 0.3) is 0 Å². The van der Waals surface area contributed by atoms with Gasteiger partial charge < -0.3 is 9.88 Å². The van der Waals surface area contributed by atoms with Gasteiger partial charge in [-0.3, -0.25) is 19.7 Å². The number of hydrogen-bond acceptors (Lipinski definition) is 4. The lowest BCUT2D eigenvalue weighted by molar-refractivity contribution is -0.385. The molecule has 19 heavy (non-hydrogen) atoms. The summed E-state index contributed by atoms with van der Waals surface area (Å²) >= 11 is 0. The van der Waals surface area contributed by atoms with Gasteiger partial charge >= 0.3 is 0 Å². The summed E-state index contributed by atoms with van der Waals surface area (Å²) in [6.45, 7) is 2.73. The maximum absolute atomic E-state index is 11.5. The molecule has 0 spiro atoms. The third-order valence-corrected chi connectivity index (χ3v) is 2.65. The number of nitro groups is 1. The zero-order valence-corrected chi connectivity index (χ0v) is 10.8. The minimum Gasteiger partial charge on any atom is -0.356 e. The summed E-state index contributed by atoms with van der Waals surface area (Å²) in [5.74, 6) is -0.00693. The van der Waals surface area contributed by atoms with Crippen LogP contribution in [-0.2, 0) is 11.3 Å². The summed E-state index contributed by atoms with van der Waals surface area (Å²) in [5.41, 5.74) is -0.359. The van der Waals surface area contributed by atoms with Gasteiger partial charge in [-0.25, -0.2) is 0 Å². The number of aryl methyl sites for hydroxylation is 1. The molecule has 104 valence electrons. The zero-order valence-electron chi connectivity index (χ0n) is 10.8. The number of rotatable bonds is 7. The summed E-state index contributed by atoms with van der Waals surface area (Å²) in [7, 11) is 0. The average Bonchev–Trinajstić information content (AvgIpc) is 2.39. The van der Waals surface area contributed by atoms with Crippen molar-refractivity contribution < 1.29 is 9.72 Å². The highest BCUT2D eigenvalue weighted by molar-refractivity contribution is 5.75. The molecule has 0 aliphatic carbocycles. The largest absolute Gasteiger partial charge is 0.356 e. The molecule has 0 fully saturated rings. The van der Waals surface area contributed by atoms with E-state index < -0.39 is 4.92 Å². The second-order valence-electron chi connectivity index (χ2n) is 4.09. The fourth-order valence-corrected chi connectivity index (χ4v) is 1.56. The molecule has 1 aromatic rings. The fourth-order valence-electron chi connectivity index (χ4n) is 1.56. The van der Waals surface area contributed by atoms with Gasteiger partial charge in [0.15, 0.2) is 0 Å². The number of unbranched alkanes of at least 4 members (excludes halogenated alkanes) is 1. The van der Waals surface area contributed by atoms with Crippen LogP contribution in [-0.4, -0.2) is 21.9 Å². The Morgan fingerprint density at radius 2 is 2.16 bits per heavy atom. The van der Waals surface area contributed by atoms with Gasteiger partial charge in [-0.2, -0.15) is 0 Å². The van der Waals surface area contributed by atoms with Crippen LogP contribution < -0.4 is 10.9 Å². The van der Waals surface area contributed by atoms with E-state index in [4.69, 9.17) is 0 Å². The van der Waals surface area contributed by atoms with Crippen molar-refractivity contribution in [3.05, 3.63) is 38.8 Å². The van der Waals surface area contributed by atoms with E-state index in [-0.39, 0.29) is 17.2 Å². The van der Waals surface area contributed by atoms with Crippen molar-refractivity contribution in [1.82, 2.24) is 9.88 Å². The van der Waals surface area contributed by atoms with Crippen LogP contribution in [0.15, 0.2) is 23.1 Å². The Labute approximate surface area is 110 Å². The summed E-state index contributed by atoms with van der Waals surface area (Å²) < 4.78 is 1.32. The molecule has 1 heterocycles. The highest BCUT2D eigenvalue weighted by atomic mass is 16.6. The number of hydrogen-bond donors (Lipinski definition) is 1. The fraction of sp³-hybridized carbons (Fsp3) is 0.500. The first kappa shape index (κ1) is 14.9. The monoisotopic (exact) mass is 267 g/mol. The van der Waals surface area contributed by atoms with Gasteiger partial charge in [0.25, 0.3) is 11.2 Å². The Morgan fingerprint density at radius 3 is 2.79 bits per heavy atom. The number of nitrogens with zero attached hydrogens (tertiary/aromatic N) is 2. The van der Waals surface area contributed by atoms with E-state index in [0.29, 0.717) is 25.9 Å². The van der Waals surface area contributed by atoms with Crippen LogP contribution >= 0.6 is 0 Å². The van der Waals surface area contributed by atoms with Crippen molar-refractivity contribution in [2.45, 2.75) is 32.7 Å². The van der Waals surface area contributed by atoms with Gasteiger partial charge in [0.2, 0.25) is 5.91 Å². The van der Waals surface area contributed by atoms with Crippen LogP contribution in [0.3, 0.4) is 0 Å². The molecule has 1 aromatic heterocycles. The van der Waals surface area contributed by atoms with Crippen molar-refractivity contribution in [1.29, 1.82) is 0 Å². The Bertz CT molecular complexity index is 510. The molecule has 7 nitrogen and oxygen atoms in total. The van der Waals surface area contributed by atoms with Crippen molar-refractivity contribution in [2.75, 3.05) is 6.54 Å². The molecule has 0 aliphatic heterocycles. The number of carbonyl (C=O) groups is 1. The van der Waals surface area contributed by atoms with Crippen molar-refractivity contribution >= 4 is 11.6 Å². The third kappa shape index (κ3) is 4.90. The average molecular weight is 267 g/mol. The molecule has 0 bridgehead atoms. The summed E-state index contributed by atoms with van der Waals surface area (Å²) in [6.07, 6.45) is 3.09. The lowest BCUT2D eigenvalue weighted by atomic mass is 10.3. The number of carbonyl (C=O) groups excluding carboxylic acids is 1. The Hall–Kier alpha value is -2.18. The molecule has 0 atom stereocenters. The zero-order chi connectivity index (χ0) is 14.3. The van der Waals surface area contributed by atoms with Gasteiger partial charge in [0.05, 0.1) is 11.1 Å². The minimum atomic E-state index is -0.530. The first-order valence-electron chi connectivity index (χ1n) is 6.16. The Kier molecular flexibility index (Phi) is 5.72. The van der Waals surface area contributed by atoms with E-state index in [9.17, 15) is 19.7 Å². The van der Waals surface area contributed by atoms with E-state index in [1.165, 1.54) is 22.9 Å². The maximum Gasteiger partial charge on any atom is 0.285 e. The van der Waals surface area contributed by atoms with Gasteiger partial charge in [-0.05, 0) is 12.8 Å². The second kappa shape index (κ2) is 7.30. The first-order valence-corrected chi connectivity index (χ1v) is 6.16. The Balaban J connectivity index is 2.45. The molecule has 1 amide bonds. The lowest BCUT2D eigenvalue weighted by Gasteiger charge is -2.06. The van der Waals surface area contributed by atoms with Crippen molar-refractivity contribution in [2.24, 2.45) is 0 Å². The first-order chi connectivity index (χ1) is 9.04. The SMILES string of the molecule is CCC(=O)NCCCCn1cc([N+](=O)[O-])ccc1=O. The summed E-state index contributed by atoms with van der Waals surface area (Å²) in [4.78, 5) is 32.5. The van der Waals surface area contributed by atoms with Crippen LogP contribution in [0.2, 0.25) is 0 Å². The quantitative estimate of drug-likeness (QED) is 0.454. The van der Waals surface area contributed by atoms with E-state index in [1.54, 1.807) is 6.92 Å². The normalized spacial score (nSPS) is 10.2. The molecule has 0 aromatic carbocycles. The van der Waals surface area contributed by atoms with Gasteiger partial charge in [-0.15, -0.1) is 0 Å². The number of nitrogens with one attached hydrogen (secondary N) is 1. The van der Waals surface area contributed by atoms with Crippen LogP contribution in [0, 0.1) is 10.1 Å². The smallest absolute Gasteiger partial charge is 0.285 e. The molecule has 0 aliphatic rings. The second-order valence-corrected chi connectivity index (χ2v) is 4.09. The van der Waals surface area contributed by atoms with Crippen LogP contribution in [0.5, 0.6) is 0 Å². The maximum atomic E-state index is 11.5. The van der Waals surface area contributed by atoms with E-state index in [1.807, 2.05) is 0 Å². The summed E-state index contributed by atoms with van der Waals surface area (Å²) in [5, 5.41) is 13.3. The molecule has 0 saturated heterocycles. The number of pyridine rings is 1. The Morgan fingerprint density at radius 1 is 1.42 bits per heavy atom. The molecular formula is C12H17N3O4. The van der Waals surface area contributed by atoms with Crippen LogP contribution in [0.1, 0.15) is 26.2 Å². The highest BCUT2D eigenvalue weighted by Crippen LogP contribution is 2.06. The van der Waals surface area contributed by atoms with Gasteiger partial charge in [0.1, 0.15) is 0 Å². The minimum absolute atomic E-state index is 0.00693. The third-order valence-electron chi connectivity index (χ3n) is 2.65. The molecular weight excluding hydrogens is 250 g/mol. The van der Waals surface area contributed by atoms with Crippen molar-refractivity contribution in [3.63, 3.8) is 0 Å². The van der Waals surface area contributed by atoms with E-state index in [0.717, 1.165) is 6.42 Å².